The molecule has 3 N–H and O–H groups in total. The molecule has 4 aromatic rings. The van der Waals surface area contributed by atoms with E-state index >= 15 is 0 Å². The smallest absolute Gasteiger partial charge is 0.294 e. The van der Waals surface area contributed by atoms with Gasteiger partial charge >= 0.3 is 0 Å². The van der Waals surface area contributed by atoms with Gasteiger partial charge in [0.1, 0.15) is 11.4 Å². The van der Waals surface area contributed by atoms with Crippen molar-refractivity contribution >= 4 is 67.1 Å². The highest BCUT2D eigenvalue weighted by atomic mass is 35.5. The molecule has 4 aromatic carbocycles. The second kappa shape index (κ2) is 11.0. The zero-order valence-electron chi connectivity index (χ0n) is 20.1. The van der Waals surface area contributed by atoms with Gasteiger partial charge in [0.15, 0.2) is 11.5 Å². The molecule has 12 heteroatoms. The second-order valence-corrected chi connectivity index (χ2v) is 10.3. The molecule has 0 heterocycles. The van der Waals surface area contributed by atoms with Crippen LogP contribution in [0.1, 0.15) is 22.8 Å². The quantitative estimate of drug-likeness (QED) is 0.155. The standard InChI is InChI=1S/C26H21Cl2N3O6S/c1-3-37-25-19(27)9-6-10-20(25)29-26(33)18-12-15-7-4-5-8-17(15)23(24(18)32)31-30-21-13-16(38(34,35)36)11-14(2)22(21)28/h4-13,32H,3H2,1-2H3,(H,29,33)(H,34,35,36). The minimum atomic E-state index is -4.53. The fraction of sp³-hybridized carbons (Fsp3) is 0.115. The summed E-state index contributed by atoms with van der Waals surface area (Å²) in [5.74, 6) is -0.840. The molecule has 0 aliphatic carbocycles. The van der Waals surface area contributed by atoms with E-state index in [-0.39, 0.29) is 27.7 Å². The Morgan fingerprint density at radius 3 is 2.50 bits per heavy atom. The number of para-hydroxylation sites is 1. The molecule has 0 atom stereocenters. The van der Waals surface area contributed by atoms with Crippen LogP contribution in [0.2, 0.25) is 10.0 Å². The number of phenolic OH excluding ortho intramolecular Hbond substituents is 1. The molecule has 196 valence electrons. The Morgan fingerprint density at radius 1 is 1.05 bits per heavy atom. The number of carbonyl (C=O) groups excluding carboxylic acids is 1. The Labute approximate surface area is 228 Å². The fourth-order valence-electron chi connectivity index (χ4n) is 3.72. The second-order valence-electron chi connectivity index (χ2n) is 8.09. The van der Waals surface area contributed by atoms with Crippen LogP contribution in [0.3, 0.4) is 0 Å². The molecule has 0 fully saturated rings. The van der Waals surface area contributed by atoms with E-state index in [1.165, 1.54) is 12.1 Å². The van der Waals surface area contributed by atoms with Crippen LogP contribution in [-0.4, -0.2) is 30.6 Å². The molecule has 0 bridgehead atoms. The summed E-state index contributed by atoms with van der Waals surface area (Å²) < 4.78 is 38.3. The highest BCUT2D eigenvalue weighted by Crippen LogP contribution is 2.41. The average Bonchev–Trinajstić information content (AvgIpc) is 2.86. The molecule has 0 spiro atoms. The normalized spacial score (nSPS) is 11.7. The number of azo groups is 1. The lowest BCUT2D eigenvalue weighted by atomic mass is 10.0. The third-order valence-electron chi connectivity index (χ3n) is 5.51. The summed E-state index contributed by atoms with van der Waals surface area (Å²) in [5.41, 5.74) is 0.441. The fourth-order valence-corrected chi connectivity index (χ4v) is 4.69. The Balaban J connectivity index is 1.82. The number of carbonyl (C=O) groups is 1. The lowest BCUT2D eigenvalue weighted by molar-refractivity contribution is 0.102. The third kappa shape index (κ3) is 5.58. The van der Waals surface area contributed by atoms with Gasteiger partial charge in [0, 0.05) is 5.39 Å². The lowest BCUT2D eigenvalue weighted by Gasteiger charge is -2.14. The number of phenols is 1. The number of nitrogens with zero attached hydrogens (tertiary/aromatic N) is 2. The average molecular weight is 574 g/mol. The van der Waals surface area contributed by atoms with Crippen molar-refractivity contribution in [3.05, 3.63) is 81.8 Å². The highest BCUT2D eigenvalue weighted by molar-refractivity contribution is 7.85. The topological polar surface area (TPSA) is 138 Å². The number of nitrogens with one attached hydrogen (secondary N) is 1. The van der Waals surface area contributed by atoms with E-state index in [0.29, 0.717) is 33.7 Å². The molecule has 0 saturated heterocycles. The number of amides is 1. The number of hydrogen-bond donors (Lipinski definition) is 3. The lowest BCUT2D eigenvalue weighted by Crippen LogP contribution is -2.13. The molecule has 0 saturated carbocycles. The van der Waals surface area contributed by atoms with Gasteiger partial charge in [-0.15, -0.1) is 10.2 Å². The monoisotopic (exact) mass is 573 g/mol. The third-order valence-corrected chi connectivity index (χ3v) is 7.13. The summed E-state index contributed by atoms with van der Waals surface area (Å²) >= 11 is 12.5. The maximum absolute atomic E-state index is 13.3. The predicted octanol–water partition coefficient (Wildman–Crippen LogP) is 7.47. The van der Waals surface area contributed by atoms with E-state index in [2.05, 4.69) is 15.5 Å². The van der Waals surface area contributed by atoms with Crippen LogP contribution in [0, 0.1) is 6.92 Å². The minimum Gasteiger partial charge on any atom is -0.505 e. The number of benzene rings is 4. The first-order valence-corrected chi connectivity index (χ1v) is 13.4. The summed E-state index contributed by atoms with van der Waals surface area (Å²) in [6.07, 6.45) is 0. The maximum atomic E-state index is 13.3. The van der Waals surface area contributed by atoms with Gasteiger partial charge in [-0.05, 0) is 55.1 Å². The van der Waals surface area contributed by atoms with Crippen molar-refractivity contribution in [2.45, 2.75) is 18.7 Å². The highest BCUT2D eigenvalue weighted by Gasteiger charge is 2.21. The molecular weight excluding hydrogens is 553 g/mol. The Hall–Kier alpha value is -3.70. The number of hydrogen-bond acceptors (Lipinski definition) is 7. The van der Waals surface area contributed by atoms with Crippen LogP contribution in [0.4, 0.5) is 17.1 Å². The van der Waals surface area contributed by atoms with Gasteiger partial charge in [0.25, 0.3) is 16.0 Å². The van der Waals surface area contributed by atoms with Gasteiger partial charge < -0.3 is 15.2 Å². The van der Waals surface area contributed by atoms with Gasteiger partial charge in [-0.25, -0.2) is 0 Å². The number of halogens is 2. The van der Waals surface area contributed by atoms with Crippen molar-refractivity contribution < 1.29 is 27.6 Å². The summed E-state index contributed by atoms with van der Waals surface area (Å²) in [5, 5.41) is 23.4. The number of anilines is 1. The van der Waals surface area contributed by atoms with E-state index in [1.54, 1.807) is 56.3 Å². The van der Waals surface area contributed by atoms with E-state index in [1.807, 2.05) is 0 Å². The molecule has 0 aliphatic rings. The molecule has 4 rings (SSSR count). The zero-order chi connectivity index (χ0) is 27.6. The Bertz CT molecular complexity index is 1710. The summed E-state index contributed by atoms with van der Waals surface area (Å²) in [6, 6.07) is 15.5. The number of ether oxygens (including phenoxy) is 1. The number of rotatable bonds is 7. The van der Waals surface area contributed by atoms with E-state index in [0.717, 1.165) is 6.07 Å². The molecule has 0 aromatic heterocycles. The first-order chi connectivity index (χ1) is 18.0. The minimum absolute atomic E-state index is 0.0460. The van der Waals surface area contributed by atoms with Gasteiger partial charge in [-0.2, -0.15) is 8.42 Å². The van der Waals surface area contributed by atoms with E-state index < -0.39 is 26.7 Å². The SMILES string of the molecule is CCOc1c(Cl)cccc1NC(=O)c1cc2ccccc2c(N=Nc2cc(S(=O)(=O)O)cc(C)c2Cl)c1O. The molecule has 0 aliphatic heterocycles. The van der Waals surface area contributed by atoms with Crippen LogP contribution in [0.5, 0.6) is 11.5 Å². The van der Waals surface area contributed by atoms with Crippen molar-refractivity contribution in [2.24, 2.45) is 10.2 Å². The van der Waals surface area contributed by atoms with Crippen LogP contribution < -0.4 is 10.1 Å². The summed E-state index contributed by atoms with van der Waals surface area (Å²) in [7, 11) is -4.53. The first kappa shape index (κ1) is 27.3. The van der Waals surface area contributed by atoms with Gasteiger partial charge in [-0.3, -0.25) is 9.35 Å². The molecule has 0 unspecified atom stereocenters. The number of aromatic hydroxyl groups is 1. The summed E-state index contributed by atoms with van der Waals surface area (Å²) in [4.78, 5) is 12.9. The largest absolute Gasteiger partial charge is 0.505 e. The van der Waals surface area contributed by atoms with Crippen LogP contribution in [0.15, 0.2) is 75.8 Å². The van der Waals surface area contributed by atoms with Crippen molar-refractivity contribution in [1.29, 1.82) is 0 Å². The Morgan fingerprint density at radius 2 is 1.79 bits per heavy atom. The van der Waals surface area contributed by atoms with Gasteiger partial charge in [0.2, 0.25) is 0 Å². The molecule has 1 amide bonds. The van der Waals surface area contributed by atoms with Crippen molar-refractivity contribution in [3.8, 4) is 11.5 Å². The Kier molecular flexibility index (Phi) is 7.89. The molecule has 9 nitrogen and oxygen atoms in total. The number of fused-ring (bicyclic) bond motifs is 1. The van der Waals surface area contributed by atoms with Crippen LogP contribution >= 0.6 is 23.2 Å². The van der Waals surface area contributed by atoms with Gasteiger partial charge in [-0.1, -0.05) is 53.5 Å². The zero-order valence-corrected chi connectivity index (χ0v) is 22.4. The van der Waals surface area contributed by atoms with Crippen molar-refractivity contribution in [2.75, 3.05) is 11.9 Å². The summed E-state index contributed by atoms with van der Waals surface area (Å²) in [6.45, 7) is 3.64. The maximum Gasteiger partial charge on any atom is 0.294 e. The van der Waals surface area contributed by atoms with Crippen molar-refractivity contribution in [3.63, 3.8) is 0 Å². The van der Waals surface area contributed by atoms with E-state index in [9.17, 15) is 22.9 Å². The van der Waals surface area contributed by atoms with E-state index in [4.69, 9.17) is 27.9 Å². The predicted molar refractivity (Wildman–Crippen MR) is 146 cm³/mol. The molecule has 38 heavy (non-hydrogen) atoms. The van der Waals surface area contributed by atoms with Gasteiger partial charge in [0.05, 0.1) is 32.8 Å². The van der Waals surface area contributed by atoms with Crippen LogP contribution in [0.25, 0.3) is 10.8 Å². The molecular formula is C26H21Cl2N3O6S. The first-order valence-electron chi connectivity index (χ1n) is 11.2. The van der Waals surface area contributed by atoms with Crippen LogP contribution in [-0.2, 0) is 10.1 Å². The number of aryl methyl sites for hydroxylation is 1. The molecule has 0 radical (unpaired) electrons. The van der Waals surface area contributed by atoms with Crippen molar-refractivity contribution in [1.82, 2.24) is 0 Å².